The second-order valence-electron chi connectivity index (χ2n) is 6.72. The lowest BCUT2D eigenvalue weighted by molar-refractivity contribution is 0.101. The molecule has 0 saturated carbocycles. The molecular weight excluding hydrogens is 410 g/mol. The minimum absolute atomic E-state index is 0.0307. The zero-order chi connectivity index (χ0) is 21.6. The van der Waals surface area contributed by atoms with Crippen LogP contribution in [0.1, 0.15) is 20.7 Å². The highest BCUT2D eigenvalue weighted by Crippen LogP contribution is 2.23. The largest absolute Gasteiger partial charge is 0.322 e. The zero-order valence-electron chi connectivity index (χ0n) is 16.7. The number of anilines is 1. The van der Waals surface area contributed by atoms with Crippen molar-refractivity contribution in [2.75, 3.05) is 11.1 Å². The van der Waals surface area contributed by atoms with Crippen molar-refractivity contribution in [2.45, 2.75) is 5.16 Å². The molecule has 0 aliphatic heterocycles. The standard InChI is InChI=1S/C23H19N5O2S/c1-28-21(18-8-5-13-24-14-18)26-27-23(28)31-15-20(29)16-9-11-19(12-10-16)25-22(30)17-6-3-2-4-7-17/h2-14H,15H2,1H3,(H,25,30). The van der Waals surface area contributed by atoms with E-state index in [4.69, 9.17) is 0 Å². The van der Waals surface area contributed by atoms with Crippen molar-refractivity contribution in [3.05, 3.63) is 90.3 Å². The van der Waals surface area contributed by atoms with Gasteiger partial charge in [-0.15, -0.1) is 10.2 Å². The lowest BCUT2D eigenvalue weighted by atomic mass is 10.1. The van der Waals surface area contributed by atoms with Crippen molar-refractivity contribution in [1.82, 2.24) is 19.7 Å². The van der Waals surface area contributed by atoms with Gasteiger partial charge in [-0.25, -0.2) is 0 Å². The van der Waals surface area contributed by atoms with Crippen LogP contribution in [0.3, 0.4) is 0 Å². The van der Waals surface area contributed by atoms with Gasteiger partial charge in [0.2, 0.25) is 0 Å². The summed E-state index contributed by atoms with van der Waals surface area (Å²) in [4.78, 5) is 28.9. The first-order valence-corrected chi connectivity index (χ1v) is 10.5. The lowest BCUT2D eigenvalue weighted by Gasteiger charge is -2.07. The Hall–Kier alpha value is -3.78. The highest BCUT2D eigenvalue weighted by Gasteiger charge is 2.14. The molecule has 2 aromatic carbocycles. The summed E-state index contributed by atoms with van der Waals surface area (Å²) in [5.41, 5.74) is 2.64. The Bertz CT molecular complexity index is 1190. The third-order valence-electron chi connectivity index (χ3n) is 4.59. The first-order valence-electron chi connectivity index (χ1n) is 9.54. The molecule has 2 aromatic heterocycles. The first kappa shape index (κ1) is 20.5. The molecule has 1 N–H and O–H groups in total. The Kier molecular flexibility index (Phi) is 6.18. The molecule has 4 rings (SSSR count). The molecule has 0 saturated heterocycles. The summed E-state index contributed by atoms with van der Waals surface area (Å²) < 4.78 is 1.84. The Balaban J connectivity index is 1.36. The summed E-state index contributed by atoms with van der Waals surface area (Å²) in [7, 11) is 1.86. The van der Waals surface area contributed by atoms with Gasteiger partial charge < -0.3 is 9.88 Å². The number of hydrogen-bond donors (Lipinski definition) is 1. The zero-order valence-corrected chi connectivity index (χ0v) is 17.5. The van der Waals surface area contributed by atoms with E-state index >= 15 is 0 Å². The monoisotopic (exact) mass is 429 g/mol. The van der Waals surface area contributed by atoms with E-state index in [9.17, 15) is 9.59 Å². The summed E-state index contributed by atoms with van der Waals surface area (Å²) in [6, 6.07) is 19.6. The van der Waals surface area contributed by atoms with Crippen LogP contribution >= 0.6 is 11.8 Å². The van der Waals surface area contributed by atoms with Crippen LogP contribution in [0.4, 0.5) is 5.69 Å². The average molecular weight is 430 g/mol. The van der Waals surface area contributed by atoms with Gasteiger partial charge in [0.1, 0.15) is 0 Å². The Morgan fingerprint density at radius 1 is 0.935 bits per heavy atom. The molecule has 1 amide bonds. The van der Waals surface area contributed by atoms with Gasteiger partial charge in [0, 0.05) is 41.8 Å². The van der Waals surface area contributed by atoms with Gasteiger partial charge in [-0.05, 0) is 48.5 Å². The topological polar surface area (TPSA) is 89.8 Å². The van der Waals surface area contributed by atoms with Gasteiger partial charge in [-0.3, -0.25) is 14.6 Å². The number of rotatable bonds is 7. The molecule has 0 unspecified atom stereocenters. The number of Topliss-reactive ketones (excluding diaryl/α,β-unsaturated/α-hetero) is 1. The molecule has 0 radical (unpaired) electrons. The molecule has 7 nitrogen and oxygen atoms in total. The normalized spacial score (nSPS) is 10.6. The number of amides is 1. The number of hydrogen-bond acceptors (Lipinski definition) is 6. The lowest BCUT2D eigenvalue weighted by Crippen LogP contribution is -2.12. The Morgan fingerprint density at radius 3 is 2.42 bits per heavy atom. The molecule has 2 heterocycles. The summed E-state index contributed by atoms with van der Waals surface area (Å²) in [5, 5.41) is 11.9. The molecule has 4 aromatic rings. The maximum atomic E-state index is 12.6. The third-order valence-corrected chi connectivity index (χ3v) is 5.61. The number of carbonyl (C=O) groups is 2. The number of carbonyl (C=O) groups excluding carboxylic acids is 2. The Morgan fingerprint density at radius 2 is 1.71 bits per heavy atom. The highest BCUT2D eigenvalue weighted by molar-refractivity contribution is 7.99. The van der Waals surface area contributed by atoms with E-state index in [0.717, 1.165) is 5.56 Å². The van der Waals surface area contributed by atoms with Gasteiger partial charge in [0.05, 0.1) is 5.75 Å². The third kappa shape index (κ3) is 4.87. The minimum atomic E-state index is -0.193. The Labute approximate surface area is 183 Å². The van der Waals surface area contributed by atoms with Crippen molar-refractivity contribution in [3.8, 4) is 11.4 Å². The number of aromatic nitrogens is 4. The van der Waals surface area contributed by atoms with Crippen LogP contribution in [-0.2, 0) is 7.05 Å². The molecule has 0 aliphatic carbocycles. The van der Waals surface area contributed by atoms with Gasteiger partial charge >= 0.3 is 0 Å². The van der Waals surface area contributed by atoms with E-state index in [0.29, 0.717) is 27.8 Å². The molecular formula is C23H19N5O2S. The number of pyridine rings is 1. The molecule has 0 fully saturated rings. The fourth-order valence-corrected chi connectivity index (χ4v) is 3.74. The van der Waals surface area contributed by atoms with Crippen molar-refractivity contribution >= 4 is 29.1 Å². The second kappa shape index (κ2) is 9.36. The molecule has 31 heavy (non-hydrogen) atoms. The maximum Gasteiger partial charge on any atom is 0.255 e. The van der Waals surface area contributed by atoms with Crippen molar-refractivity contribution in [2.24, 2.45) is 7.05 Å². The minimum Gasteiger partial charge on any atom is -0.322 e. The second-order valence-corrected chi connectivity index (χ2v) is 7.66. The van der Waals surface area contributed by atoms with Gasteiger partial charge in [0.15, 0.2) is 16.8 Å². The number of nitrogens with zero attached hydrogens (tertiary/aromatic N) is 4. The predicted octanol–water partition coefficient (Wildman–Crippen LogP) is 4.10. The van der Waals surface area contributed by atoms with Crippen molar-refractivity contribution in [3.63, 3.8) is 0 Å². The number of thioether (sulfide) groups is 1. The highest BCUT2D eigenvalue weighted by atomic mass is 32.2. The van der Waals surface area contributed by atoms with E-state index in [2.05, 4.69) is 20.5 Å². The van der Waals surface area contributed by atoms with Crippen LogP contribution in [-0.4, -0.2) is 37.2 Å². The molecule has 154 valence electrons. The predicted molar refractivity (Wildman–Crippen MR) is 120 cm³/mol. The fourth-order valence-electron chi connectivity index (χ4n) is 2.93. The van der Waals surface area contributed by atoms with Crippen LogP contribution in [0, 0.1) is 0 Å². The molecule has 8 heteroatoms. The van der Waals surface area contributed by atoms with E-state index in [-0.39, 0.29) is 17.4 Å². The summed E-state index contributed by atoms with van der Waals surface area (Å²) in [6.45, 7) is 0. The van der Waals surface area contributed by atoms with Crippen molar-refractivity contribution < 1.29 is 9.59 Å². The SMILES string of the molecule is Cn1c(SCC(=O)c2ccc(NC(=O)c3ccccc3)cc2)nnc1-c1cccnc1. The van der Waals surface area contributed by atoms with Crippen molar-refractivity contribution in [1.29, 1.82) is 0 Å². The van der Waals surface area contributed by atoms with Crippen LogP contribution in [0.5, 0.6) is 0 Å². The molecule has 0 aliphatic rings. The van der Waals surface area contributed by atoms with Crippen LogP contribution in [0.25, 0.3) is 11.4 Å². The fraction of sp³-hybridized carbons (Fsp3) is 0.0870. The summed E-state index contributed by atoms with van der Waals surface area (Å²) in [6.07, 6.45) is 3.42. The smallest absolute Gasteiger partial charge is 0.255 e. The first-order chi connectivity index (χ1) is 15.1. The van der Waals surface area contributed by atoms with E-state index in [1.165, 1.54) is 11.8 Å². The summed E-state index contributed by atoms with van der Waals surface area (Å²) in [5.74, 6) is 0.703. The molecule has 0 bridgehead atoms. The van der Waals surface area contributed by atoms with Crippen LogP contribution in [0.2, 0.25) is 0 Å². The number of ketones is 1. The molecule has 0 atom stereocenters. The number of benzene rings is 2. The van der Waals surface area contributed by atoms with Crippen LogP contribution < -0.4 is 5.32 Å². The average Bonchev–Trinajstić information content (AvgIpc) is 3.19. The van der Waals surface area contributed by atoms with Gasteiger partial charge in [-0.1, -0.05) is 30.0 Å². The van der Waals surface area contributed by atoms with Crippen LogP contribution in [0.15, 0.2) is 84.3 Å². The van der Waals surface area contributed by atoms with E-state index in [1.807, 2.05) is 41.9 Å². The quantitative estimate of drug-likeness (QED) is 0.351. The molecule has 0 spiro atoms. The van der Waals surface area contributed by atoms with Gasteiger partial charge in [-0.2, -0.15) is 0 Å². The van der Waals surface area contributed by atoms with E-state index in [1.54, 1.807) is 48.8 Å². The van der Waals surface area contributed by atoms with E-state index < -0.39 is 0 Å². The number of nitrogens with one attached hydrogen (secondary N) is 1. The summed E-state index contributed by atoms with van der Waals surface area (Å²) >= 11 is 1.33. The maximum absolute atomic E-state index is 12.6. The van der Waals surface area contributed by atoms with Gasteiger partial charge in [0.25, 0.3) is 5.91 Å².